The fourth-order valence-electron chi connectivity index (χ4n) is 1.29. The summed E-state index contributed by atoms with van der Waals surface area (Å²) in [4.78, 5) is 21.6. The summed E-state index contributed by atoms with van der Waals surface area (Å²) in [5.41, 5.74) is 0. The lowest BCUT2D eigenvalue weighted by atomic mass is 10.1. The first-order chi connectivity index (χ1) is 7.06. The molecular formula is C11H21NO3. The normalized spacial score (nSPS) is 12.1. The van der Waals surface area contributed by atoms with E-state index in [1.807, 2.05) is 6.92 Å². The molecule has 88 valence electrons. The van der Waals surface area contributed by atoms with Crippen molar-refractivity contribution in [2.75, 3.05) is 0 Å². The first-order valence-electron chi connectivity index (χ1n) is 5.57. The second-order valence-corrected chi connectivity index (χ2v) is 3.86. The van der Waals surface area contributed by atoms with Crippen LogP contribution < -0.4 is 5.32 Å². The second kappa shape index (κ2) is 8.26. The number of aliphatic carboxylic acids is 1. The van der Waals surface area contributed by atoms with Gasteiger partial charge in [-0.1, -0.05) is 19.8 Å². The van der Waals surface area contributed by atoms with Crippen molar-refractivity contribution in [3.05, 3.63) is 0 Å². The van der Waals surface area contributed by atoms with E-state index in [2.05, 4.69) is 12.2 Å². The molecule has 2 N–H and O–H groups in total. The highest BCUT2D eigenvalue weighted by molar-refractivity contribution is 5.76. The van der Waals surface area contributed by atoms with E-state index in [0.29, 0.717) is 12.8 Å². The molecule has 0 bridgehead atoms. The van der Waals surface area contributed by atoms with E-state index in [1.54, 1.807) is 0 Å². The van der Waals surface area contributed by atoms with E-state index >= 15 is 0 Å². The highest BCUT2D eigenvalue weighted by Crippen LogP contribution is 2.01. The zero-order valence-corrected chi connectivity index (χ0v) is 9.58. The summed E-state index contributed by atoms with van der Waals surface area (Å²) in [5.74, 6) is -0.788. The fourth-order valence-corrected chi connectivity index (χ4v) is 1.29. The SMILES string of the molecule is CCCCCC(=O)NC(C)CCC(=O)O. The molecule has 0 aromatic heterocycles. The topological polar surface area (TPSA) is 66.4 Å². The molecule has 0 saturated carbocycles. The third-order valence-corrected chi connectivity index (χ3v) is 2.21. The Morgan fingerprint density at radius 2 is 1.93 bits per heavy atom. The largest absolute Gasteiger partial charge is 0.481 e. The molecule has 15 heavy (non-hydrogen) atoms. The van der Waals surface area contributed by atoms with Crippen molar-refractivity contribution in [1.29, 1.82) is 0 Å². The standard InChI is InChI=1S/C11H21NO3/c1-3-4-5-6-10(13)12-9(2)7-8-11(14)15/h9H,3-8H2,1-2H3,(H,12,13)(H,14,15). The Morgan fingerprint density at radius 1 is 1.27 bits per heavy atom. The Hall–Kier alpha value is -1.06. The number of nitrogens with one attached hydrogen (secondary N) is 1. The minimum absolute atomic E-state index is 0.0290. The van der Waals surface area contributed by atoms with E-state index in [1.165, 1.54) is 0 Å². The van der Waals surface area contributed by atoms with Crippen molar-refractivity contribution in [3.63, 3.8) is 0 Å². The van der Waals surface area contributed by atoms with E-state index in [0.717, 1.165) is 19.3 Å². The Labute approximate surface area is 91.1 Å². The van der Waals surface area contributed by atoms with Crippen molar-refractivity contribution in [3.8, 4) is 0 Å². The number of carbonyl (C=O) groups is 2. The predicted molar refractivity (Wildman–Crippen MR) is 58.6 cm³/mol. The summed E-state index contributed by atoms with van der Waals surface area (Å²) in [6.45, 7) is 3.92. The molecule has 1 unspecified atom stereocenters. The highest BCUT2D eigenvalue weighted by Gasteiger charge is 2.08. The Morgan fingerprint density at radius 3 is 2.47 bits per heavy atom. The van der Waals surface area contributed by atoms with E-state index in [-0.39, 0.29) is 18.4 Å². The molecule has 4 nitrogen and oxygen atoms in total. The molecule has 1 atom stereocenters. The molecule has 0 saturated heterocycles. The molecule has 0 radical (unpaired) electrons. The van der Waals surface area contributed by atoms with Gasteiger partial charge in [-0.2, -0.15) is 0 Å². The number of amides is 1. The van der Waals surface area contributed by atoms with E-state index in [4.69, 9.17) is 5.11 Å². The van der Waals surface area contributed by atoms with Gasteiger partial charge in [-0.25, -0.2) is 0 Å². The average Bonchev–Trinajstić information content (AvgIpc) is 2.15. The molecule has 0 rings (SSSR count). The van der Waals surface area contributed by atoms with Crippen molar-refractivity contribution in [2.45, 2.75) is 58.4 Å². The summed E-state index contributed by atoms with van der Waals surface area (Å²) >= 11 is 0. The van der Waals surface area contributed by atoms with Crippen LogP contribution in [0.5, 0.6) is 0 Å². The van der Waals surface area contributed by atoms with Gasteiger partial charge in [0.15, 0.2) is 0 Å². The van der Waals surface area contributed by atoms with Gasteiger partial charge in [0.05, 0.1) is 0 Å². The molecule has 0 aromatic rings. The van der Waals surface area contributed by atoms with Gasteiger partial charge in [-0.05, 0) is 19.8 Å². The number of hydrogen-bond donors (Lipinski definition) is 2. The van der Waals surface area contributed by atoms with Gasteiger partial charge in [-0.15, -0.1) is 0 Å². The third-order valence-electron chi connectivity index (χ3n) is 2.21. The summed E-state index contributed by atoms with van der Waals surface area (Å²) in [5, 5.41) is 11.2. The van der Waals surface area contributed by atoms with Crippen LogP contribution in [0.4, 0.5) is 0 Å². The van der Waals surface area contributed by atoms with Crippen molar-refractivity contribution >= 4 is 11.9 Å². The third kappa shape index (κ3) is 9.25. The predicted octanol–water partition coefficient (Wildman–Crippen LogP) is 1.94. The first kappa shape index (κ1) is 13.9. The maximum absolute atomic E-state index is 11.3. The monoisotopic (exact) mass is 215 g/mol. The van der Waals surface area contributed by atoms with Crippen LogP contribution in [0.1, 0.15) is 52.4 Å². The van der Waals surface area contributed by atoms with Gasteiger partial charge >= 0.3 is 5.97 Å². The van der Waals surface area contributed by atoms with Crippen LogP contribution in [-0.4, -0.2) is 23.0 Å². The van der Waals surface area contributed by atoms with Crippen LogP contribution in [0.2, 0.25) is 0 Å². The van der Waals surface area contributed by atoms with E-state index < -0.39 is 5.97 Å². The molecule has 0 heterocycles. The second-order valence-electron chi connectivity index (χ2n) is 3.86. The summed E-state index contributed by atoms with van der Waals surface area (Å²) in [7, 11) is 0. The van der Waals surface area contributed by atoms with Gasteiger partial charge < -0.3 is 10.4 Å². The number of carbonyl (C=O) groups excluding carboxylic acids is 1. The molecule has 4 heteroatoms. The molecule has 0 spiro atoms. The quantitative estimate of drug-likeness (QED) is 0.608. The fraction of sp³-hybridized carbons (Fsp3) is 0.818. The minimum atomic E-state index is -0.818. The van der Waals surface area contributed by atoms with Crippen LogP contribution in [0.15, 0.2) is 0 Å². The lowest BCUT2D eigenvalue weighted by Gasteiger charge is -2.12. The minimum Gasteiger partial charge on any atom is -0.481 e. The van der Waals surface area contributed by atoms with Crippen molar-refractivity contribution in [2.24, 2.45) is 0 Å². The molecule has 0 aliphatic rings. The Kier molecular flexibility index (Phi) is 7.68. The van der Waals surface area contributed by atoms with Gasteiger partial charge in [-0.3, -0.25) is 9.59 Å². The zero-order chi connectivity index (χ0) is 11.7. The molecule has 0 aromatic carbocycles. The van der Waals surface area contributed by atoms with Crippen LogP contribution in [0.3, 0.4) is 0 Å². The van der Waals surface area contributed by atoms with Gasteiger partial charge in [0.2, 0.25) is 5.91 Å². The lowest BCUT2D eigenvalue weighted by molar-refractivity contribution is -0.137. The average molecular weight is 215 g/mol. The Bertz CT molecular complexity index is 204. The van der Waals surface area contributed by atoms with Gasteiger partial charge in [0.1, 0.15) is 0 Å². The number of carboxylic acids is 1. The van der Waals surface area contributed by atoms with Crippen LogP contribution in [-0.2, 0) is 9.59 Å². The molecule has 0 aliphatic heterocycles. The molecular weight excluding hydrogens is 194 g/mol. The molecule has 1 amide bonds. The van der Waals surface area contributed by atoms with Crippen molar-refractivity contribution < 1.29 is 14.7 Å². The van der Waals surface area contributed by atoms with Gasteiger partial charge in [0.25, 0.3) is 0 Å². The Balaban J connectivity index is 3.53. The number of hydrogen-bond acceptors (Lipinski definition) is 2. The van der Waals surface area contributed by atoms with Crippen LogP contribution in [0, 0.1) is 0 Å². The van der Waals surface area contributed by atoms with Crippen LogP contribution >= 0.6 is 0 Å². The first-order valence-corrected chi connectivity index (χ1v) is 5.57. The maximum atomic E-state index is 11.3. The highest BCUT2D eigenvalue weighted by atomic mass is 16.4. The smallest absolute Gasteiger partial charge is 0.303 e. The van der Waals surface area contributed by atoms with E-state index in [9.17, 15) is 9.59 Å². The van der Waals surface area contributed by atoms with Crippen molar-refractivity contribution in [1.82, 2.24) is 5.32 Å². The molecule has 0 aliphatic carbocycles. The summed E-state index contributed by atoms with van der Waals surface area (Å²) < 4.78 is 0. The zero-order valence-electron chi connectivity index (χ0n) is 9.58. The van der Waals surface area contributed by atoms with Gasteiger partial charge in [0, 0.05) is 18.9 Å². The molecule has 0 fully saturated rings. The summed E-state index contributed by atoms with van der Waals surface area (Å²) in [6.07, 6.45) is 4.23. The summed E-state index contributed by atoms with van der Waals surface area (Å²) in [6, 6.07) is -0.0461. The number of rotatable bonds is 8. The van der Waals surface area contributed by atoms with Crippen LogP contribution in [0.25, 0.3) is 0 Å². The number of unbranched alkanes of at least 4 members (excludes halogenated alkanes) is 2. The maximum Gasteiger partial charge on any atom is 0.303 e. The lowest BCUT2D eigenvalue weighted by Crippen LogP contribution is -2.32. The number of carboxylic acid groups (broad SMARTS) is 1.